The fourth-order valence-corrected chi connectivity index (χ4v) is 2.80. The number of halogens is 1. The summed E-state index contributed by atoms with van der Waals surface area (Å²) < 4.78 is 2.16. The molecule has 0 saturated carbocycles. The molecular weight excluding hydrogens is 300 g/mol. The minimum Gasteiger partial charge on any atom is -0.352 e. The van der Waals surface area contributed by atoms with Crippen LogP contribution < -0.4 is 5.32 Å². The lowest BCUT2D eigenvalue weighted by molar-refractivity contribution is -0.121. The number of fused-ring (bicyclic) bond motifs is 1. The zero-order chi connectivity index (χ0) is 15.4. The van der Waals surface area contributed by atoms with Crippen LogP contribution in [0.15, 0.2) is 36.7 Å². The van der Waals surface area contributed by atoms with Gasteiger partial charge in [0.05, 0.1) is 6.54 Å². The summed E-state index contributed by atoms with van der Waals surface area (Å²) in [5, 5.41) is 3.61. The van der Waals surface area contributed by atoms with Gasteiger partial charge in [-0.05, 0) is 11.6 Å². The zero-order valence-corrected chi connectivity index (χ0v) is 13.1. The van der Waals surface area contributed by atoms with E-state index in [1.165, 1.54) is 0 Å². The summed E-state index contributed by atoms with van der Waals surface area (Å²) in [5.74, 6) is 1.12. The molecule has 3 rings (SSSR count). The number of nitrogens with zero attached hydrogens (tertiary/aromatic N) is 3. The van der Waals surface area contributed by atoms with E-state index in [1.807, 2.05) is 36.7 Å². The van der Waals surface area contributed by atoms with Crippen molar-refractivity contribution in [3.05, 3.63) is 53.1 Å². The molecule has 0 unspecified atom stereocenters. The molecule has 0 aliphatic carbocycles. The smallest absolute Gasteiger partial charge is 0.221 e. The Labute approximate surface area is 134 Å². The number of carbonyl (C=O) groups is 1. The van der Waals surface area contributed by atoms with Crippen LogP contribution >= 0.6 is 11.6 Å². The lowest BCUT2D eigenvalue weighted by atomic mass is 10.2. The quantitative estimate of drug-likeness (QED) is 0.918. The summed E-state index contributed by atoms with van der Waals surface area (Å²) in [6, 6.07) is 7.56. The van der Waals surface area contributed by atoms with Gasteiger partial charge in [-0.3, -0.25) is 9.69 Å². The summed E-state index contributed by atoms with van der Waals surface area (Å²) in [4.78, 5) is 18.6. The summed E-state index contributed by atoms with van der Waals surface area (Å²) in [6.07, 6.45) is 4.32. The molecule has 2 aromatic rings. The molecule has 5 nitrogen and oxygen atoms in total. The fraction of sp³-hybridized carbons (Fsp3) is 0.375. The molecule has 0 spiro atoms. The van der Waals surface area contributed by atoms with Crippen molar-refractivity contribution >= 4 is 17.5 Å². The second-order valence-corrected chi connectivity index (χ2v) is 5.84. The number of aromatic nitrogens is 2. The van der Waals surface area contributed by atoms with E-state index >= 15 is 0 Å². The van der Waals surface area contributed by atoms with Crippen molar-refractivity contribution in [2.75, 3.05) is 13.1 Å². The zero-order valence-electron chi connectivity index (χ0n) is 12.3. The maximum Gasteiger partial charge on any atom is 0.221 e. The predicted molar refractivity (Wildman–Crippen MR) is 85.4 cm³/mol. The molecule has 1 aliphatic rings. The van der Waals surface area contributed by atoms with Gasteiger partial charge in [0.15, 0.2) is 0 Å². The third kappa shape index (κ3) is 3.67. The standard InChI is InChI=1S/C16H19ClN4O/c17-14-4-2-1-3-13(14)11-19-16(22)5-7-20-9-10-21-8-6-18-15(21)12-20/h1-4,6,8H,5,7,9-12H2,(H,19,22). The highest BCUT2D eigenvalue weighted by atomic mass is 35.5. The minimum atomic E-state index is 0.0498. The number of amides is 1. The molecule has 1 aliphatic heterocycles. The van der Waals surface area contributed by atoms with E-state index < -0.39 is 0 Å². The molecule has 0 atom stereocenters. The molecule has 1 aromatic carbocycles. The summed E-state index contributed by atoms with van der Waals surface area (Å²) in [7, 11) is 0. The maximum atomic E-state index is 12.0. The highest BCUT2D eigenvalue weighted by molar-refractivity contribution is 6.31. The van der Waals surface area contributed by atoms with Crippen LogP contribution in [0.2, 0.25) is 5.02 Å². The molecule has 2 heterocycles. The molecule has 22 heavy (non-hydrogen) atoms. The third-order valence-corrected chi connectivity index (χ3v) is 4.28. The summed E-state index contributed by atoms with van der Waals surface area (Å²) in [6.45, 7) is 3.94. The number of carbonyl (C=O) groups excluding carboxylic acids is 1. The van der Waals surface area contributed by atoms with Crippen molar-refractivity contribution < 1.29 is 4.79 Å². The topological polar surface area (TPSA) is 50.2 Å². The van der Waals surface area contributed by atoms with E-state index in [4.69, 9.17) is 11.6 Å². The first kappa shape index (κ1) is 15.1. The Morgan fingerprint density at radius 3 is 3.05 bits per heavy atom. The van der Waals surface area contributed by atoms with Crippen LogP contribution in [0.3, 0.4) is 0 Å². The van der Waals surface area contributed by atoms with Crippen LogP contribution in [0, 0.1) is 0 Å². The molecule has 0 fully saturated rings. The molecule has 1 N–H and O–H groups in total. The van der Waals surface area contributed by atoms with Crippen LogP contribution in [0.1, 0.15) is 17.8 Å². The van der Waals surface area contributed by atoms with Gasteiger partial charge >= 0.3 is 0 Å². The van der Waals surface area contributed by atoms with Crippen LogP contribution in [0.5, 0.6) is 0 Å². The Balaban J connectivity index is 1.42. The first-order valence-electron chi connectivity index (χ1n) is 7.45. The second-order valence-electron chi connectivity index (χ2n) is 5.43. The van der Waals surface area contributed by atoms with Crippen LogP contribution in [-0.4, -0.2) is 33.4 Å². The number of imidazole rings is 1. The molecule has 116 valence electrons. The van der Waals surface area contributed by atoms with Crippen molar-refractivity contribution in [1.29, 1.82) is 0 Å². The van der Waals surface area contributed by atoms with Gasteiger partial charge in [-0.1, -0.05) is 29.8 Å². The van der Waals surface area contributed by atoms with Crippen LogP contribution in [-0.2, 0) is 24.4 Å². The normalized spacial score (nSPS) is 14.6. The summed E-state index contributed by atoms with van der Waals surface area (Å²) in [5.41, 5.74) is 0.942. The SMILES string of the molecule is O=C(CCN1CCn2ccnc2C1)NCc1ccccc1Cl. The Bertz CT molecular complexity index is 655. The summed E-state index contributed by atoms with van der Waals surface area (Å²) >= 11 is 6.07. The highest BCUT2D eigenvalue weighted by Gasteiger charge is 2.17. The van der Waals surface area contributed by atoms with Crippen molar-refractivity contribution in [2.24, 2.45) is 0 Å². The Kier molecular flexibility index (Phi) is 4.75. The monoisotopic (exact) mass is 318 g/mol. The number of benzene rings is 1. The molecule has 1 amide bonds. The molecule has 0 bridgehead atoms. The number of hydrogen-bond acceptors (Lipinski definition) is 3. The predicted octanol–water partition coefficient (Wildman–Crippen LogP) is 2.06. The van der Waals surface area contributed by atoms with Gasteiger partial charge in [-0.2, -0.15) is 0 Å². The Hall–Kier alpha value is -1.85. The van der Waals surface area contributed by atoms with Gasteiger partial charge in [-0.25, -0.2) is 4.98 Å². The van der Waals surface area contributed by atoms with Gasteiger partial charge in [-0.15, -0.1) is 0 Å². The first-order chi connectivity index (χ1) is 10.7. The first-order valence-corrected chi connectivity index (χ1v) is 7.82. The van der Waals surface area contributed by atoms with E-state index in [2.05, 4.69) is 19.8 Å². The molecule has 0 radical (unpaired) electrons. The fourth-order valence-electron chi connectivity index (χ4n) is 2.60. The molecule has 6 heteroatoms. The largest absolute Gasteiger partial charge is 0.352 e. The van der Waals surface area contributed by atoms with E-state index in [9.17, 15) is 4.79 Å². The lowest BCUT2D eigenvalue weighted by Gasteiger charge is -2.27. The van der Waals surface area contributed by atoms with E-state index in [1.54, 1.807) is 0 Å². The van der Waals surface area contributed by atoms with E-state index in [-0.39, 0.29) is 5.91 Å². The van der Waals surface area contributed by atoms with Crippen molar-refractivity contribution in [2.45, 2.75) is 26.1 Å². The van der Waals surface area contributed by atoms with Crippen molar-refractivity contribution in [3.63, 3.8) is 0 Å². The van der Waals surface area contributed by atoms with Gasteiger partial charge in [0, 0.05) is 50.0 Å². The Morgan fingerprint density at radius 2 is 2.18 bits per heavy atom. The lowest BCUT2D eigenvalue weighted by Crippen LogP contribution is -2.36. The van der Waals surface area contributed by atoms with Gasteiger partial charge in [0.25, 0.3) is 0 Å². The van der Waals surface area contributed by atoms with Gasteiger partial charge in [0.2, 0.25) is 5.91 Å². The maximum absolute atomic E-state index is 12.0. The molecule has 1 aromatic heterocycles. The third-order valence-electron chi connectivity index (χ3n) is 3.91. The number of nitrogens with one attached hydrogen (secondary N) is 1. The van der Waals surface area contributed by atoms with Crippen molar-refractivity contribution in [3.8, 4) is 0 Å². The highest BCUT2D eigenvalue weighted by Crippen LogP contribution is 2.14. The van der Waals surface area contributed by atoms with Gasteiger partial charge < -0.3 is 9.88 Å². The number of hydrogen-bond donors (Lipinski definition) is 1. The van der Waals surface area contributed by atoms with Crippen LogP contribution in [0.4, 0.5) is 0 Å². The van der Waals surface area contributed by atoms with E-state index in [0.29, 0.717) is 18.0 Å². The molecule has 0 saturated heterocycles. The average Bonchev–Trinajstić information content (AvgIpc) is 2.99. The van der Waals surface area contributed by atoms with E-state index in [0.717, 1.165) is 37.6 Å². The Morgan fingerprint density at radius 1 is 1.32 bits per heavy atom. The minimum absolute atomic E-state index is 0.0498. The average molecular weight is 319 g/mol. The second kappa shape index (κ2) is 6.94. The van der Waals surface area contributed by atoms with Gasteiger partial charge in [0.1, 0.15) is 5.82 Å². The molecular formula is C16H19ClN4O. The number of rotatable bonds is 5. The van der Waals surface area contributed by atoms with Crippen LogP contribution in [0.25, 0.3) is 0 Å². The van der Waals surface area contributed by atoms with Crippen molar-refractivity contribution in [1.82, 2.24) is 19.8 Å².